The molecular formula is C12H15NS. The second-order valence-electron chi connectivity index (χ2n) is 3.77. The van der Waals surface area contributed by atoms with E-state index in [0.29, 0.717) is 6.04 Å². The van der Waals surface area contributed by atoms with Crippen LogP contribution in [0.2, 0.25) is 0 Å². The van der Waals surface area contributed by atoms with Crippen molar-refractivity contribution in [1.82, 2.24) is 0 Å². The number of hydrogen-bond acceptors (Lipinski definition) is 2. The Kier molecular flexibility index (Phi) is 2.85. The highest BCUT2D eigenvalue weighted by molar-refractivity contribution is 7.17. The Labute approximate surface area is 88.6 Å². The molecule has 1 heterocycles. The molecule has 0 aliphatic carbocycles. The zero-order valence-corrected chi connectivity index (χ0v) is 9.18. The third kappa shape index (κ3) is 1.97. The minimum Gasteiger partial charge on any atom is -0.328 e. The van der Waals surface area contributed by atoms with Gasteiger partial charge in [0.1, 0.15) is 0 Å². The first-order chi connectivity index (χ1) is 6.77. The summed E-state index contributed by atoms with van der Waals surface area (Å²) in [4.78, 5) is 0. The fraction of sp³-hybridized carbons (Fsp3) is 0.333. The summed E-state index contributed by atoms with van der Waals surface area (Å²) in [6, 6.07) is 8.87. The quantitative estimate of drug-likeness (QED) is 0.818. The fourth-order valence-corrected chi connectivity index (χ4v) is 2.61. The van der Waals surface area contributed by atoms with E-state index >= 15 is 0 Å². The van der Waals surface area contributed by atoms with Crippen LogP contribution >= 0.6 is 11.3 Å². The lowest BCUT2D eigenvalue weighted by atomic mass is 10.1. The average Bonchev–Trinajstić information content (AvgIpc) is 2.58. The summed E-state index contributed by atoms with van der Waals surface area (Å²) >= 11 is 1.82. The molecule has 0 spiro atoms. The minimum absolute atomic E-state index is 0.300. The van der Waals surface area contributed by atoms with Crippen LogP contribution in [-0.4, -0.2) is 6.04 Å². The summed E-state index contributed by atoms with van der Waals surface area (Å²) in [6.07, 6.45) is 2.17. The third-order valence-corrected chi connectivity index (χ3v) is 3.44. The molecule has 0 fully saturated rings. The van der Waals surface area contributed by atoms with Gasteiger partial charge in [0.05, 0.1) is 0 Å². The van der Waals surface area contributed by atoms with Crippen molar-refractivity contribution >= 4 is 21.4 Å². The first kappa shape index (κ1) is 9.69. The zero-order valence-electron chi connectivity index (χ0n) is 8.36. The molecular weight excluding hydrogens is 190 g/mol. The van der Waals surface area contributed by atoms with Gasteiger partial charge in [-0.25, -0.2) is 0 Å². The van der Waals surface area contributed by atoms with E-state index in [1.165, 1.54) is 15.6 Å². The van der Waals surface area contributed by atoms with Crippen LogP contribution < -0.4 is 5.73 Å². The summed E-state index contributed by atoms with van der Waals surface area (Å²) in [5, 5.41) is 3.66. The maximum absolute atomic E-state index is 5.76. The number of thiophene rings is 1. The molecule has 0 aliphatic heterocycles. The van der Waals surface area contributed by atoms with Crippen molar-refractivity contribution in [3.8, 4) is 0 Å². The van der Waals surface area contributed by atoms with E-state index in [-0.39, 0.29) is 0 Å². The molecule has 1 aromatic heterocycles. The van der Waals surface area contributed by atoms with Gasteiger partial charge in [-0.3, -0.25) is 0 Å². The van der Waals surface area contributed by atoms with E-state index in [1.807, 2.05) is 11.3 Å². The first-order valence-corrected chi connectivity index (χ1v) is 5.86. The molecule has 74 valence electrons. The lowest BCUT2D eigenvalue weighted by Crippen LogP contribution is -2.15. The second kappa shape index (κ2) is 4.11. The van der Waals surface area contributed by atoms with Gasteiger partial charge in [-0.2, -0.15) is 0 Å². The van der Waals surface area contributed by atoms with Crippen LogP contribution in [-0.2, 0) is 6.42 Å². The smallest absolute Gasteiger partial charge is 0.0345 e. The number of nitrogens with two attached hydrogens (primary N) is 1. The Balaban J connectivity index is 2.25. The van der Waals surface area contributed by atoms with Crippen molar-refractivity contribution in [1.29, 1.82) is 0 Å². The lowest BCUT2D eigenvalue weighted by Gasteiger charge is -2.03. The fourth-order valence-electron chi connectivity index (χ4n) is 1.61. The van der Waals surface area contributed by atoms with Crippen LogP contribution in [0.5, 0.6) is 0 Å². The van der Waals surface area contributed by atoms with Crippen LogP contribution in [0.3, 0.4) is 0 Å². The maximum Gasteiger partial charge on any atom is 0.0345 e. The Morgan fingerprint density at radius 3 is 2.93 bits per heavy atom. The molecule has 0 bridgehead atoms. The summed E-state index contributed by atoms with van der Waals surface area (Å²) < 4.78 is 1.38. The van der Waals surface area contributed by atoms with Gasteiger partial charge in [0.15, 0.2) is 0 Å². The molecule has 0 unspecified atom stereocenters. The Bertz CT molecular complexity index is 417. The number of hydrogen-bond donors (Lipinski definition) is 1. The topological polar surface area (TPSA) is 26.0 Å². The molecule has 0 saturated carbocycles. The molecule has 2 rings (SSSR count). The van der Waals surface area contributed by atoms with Crippen LogP contribution in [0, 0.1) is 0 Å². The van der Waals surface area contributed by atoms with Crippen LogP contribution in [0.15, 0.2) is 29.6 Å². The molecule has 0 radical (unpaired) electrons. The van der Waals surface area contributed by atoms with E-state index < -0.39 is 0 Å². The lowest BCUT2D eigenvalue weighted by molar-refractivity contribution is 0.668. The number of fused-ring (bicyclic) bond motifs is 1. The Hall–Kier alpha value is -0.860. The highest BCUT2D eigenvalue weighted by atomic mass is 32.1. The Morgan fingerprint density at radius 1 is 1.36 bits per heavy atom. The summed E-state index contributed by atoms with van der Waals surface area (Å²) in [5.74, 6) is 0. The van der Waals surface area contributed by atoms with Crippen molar-refractivity contribution in [3.05, 3.63) is 35.2 Å². The van der Waals surface area contributed by atoms with Crippen molar-refractivity contribution in [2.75, 3.05) is 0 Å². The summed E-state index contributed by atoms with van der Waals surface area (Å²) in [6.45, 7) is 2.06. The van der Waals surface area contributed by atoms with E-state index in [4.69, 9.17) is 5.73 Å². The average molecular weight is 205 g/mol. The molecule has 14 heavy (non-hydrogen) atoms. The van der Waals surface area contributed by atoms with Crippen LogP contribution in [0.25, 0.3) is 10.1 Å². The molecule has 0 aliphatic rings. The number of benzene rings is 1. The van der Waals surface area contributed by atoms with E-state index in [1.54, 1.807) is 0 Å². The van der Waals surface area contributed by atoms with Gasteiger partial charge in [-0.15, -0.1) is 11.3 Å². The first-order valence-electron chi connectivity index (χ1n) is 4.98. The summed E-state index contributed by atoms with van der Waals surface area (Å²) in [7, 11) is 0. The molecule has 2 heteroatoms. The largest absolute Gasteiger partial charge is 0.328 e. The highest BCUT2D eigenvalue weighted by Crippen LogP contribution is 2.26. The predicted octanol–water partition coefficient (Wildman–Crippen LogP) is 3.18. The van der Waals surface area contributed by atoms with Gasteiger partial charge < -0.3 is 5.73 Å². The third-order valence-electron chi connectivity index (χ3n) is 2.43. The van der Waals surface area contributed by atoms with Gasteiger partial charge in [0.2, 0.25) is 0 Å². The molecule has 0 saturated heterocycles. The molecule has 1 nitrogen and oxygen atoms in total. The van der Waals surface area contributed by atoms with Crippen molar-refractivity contribution < 1.29 is 0 Å². The Morgan fingerprint density at radius 2 is 2.14 bits per heavy atom. The normalized spacial score (nSPS) is 13.3. The monoisotopic (exact) mass is 205 g/mol. The van der Waals surface area contributed by atoms with E-state index in [0.717, 1.165) is 12.8 Å². The van der Waals surface area contributed by atoms with Crippen molar-refractivity contribution in [2.24, 2.45) is 5.73 Å². The van der Waals surface area contributed by atoms with Gasteiger partial charge in [-0.05, 0) is 42.2 Å². The van der Waals surface area contributed by atoms with E-state index in [2.05, 4.69) is 36.6 Å². The van der Waals surface area contributed by atoms with Gasteiger partial charge in [0, 0.05) is 10.7 Å². The highest BCUT2D eigenvalue weighted by Gasteiger charge is 2.03. The molecule has 1 atom stereocenters. The van der Waals surface area contributed by atoms with Crippen LogP contribution in [0.1, 0.15) is 18.9 Å². The van der Waals surface area contributed by atoms with Gasteiger partial charge in [-0.1, -0.05) is 18.2 Å². The molecule has 2 N–H and O–H groups in total. The number of rotatable bonds is 3. The van der Waals surface area contributed by atoms with Gasteiger partial charge in [0.25, 0.3) is 0 Å². The zero-order chi connectivity index (χ0) is 9.97. The SMILES string of the molecule is C[C@@H](N)CCc1csc2ccccc12. The predicted molar refractivity (Wildman–Crippen MR) is 63.8 cm³/mol. The maximum atomic E-state index is 5.76. The second-order valence-corrected chi connectivity index (χ2v) is 4.68. The van der Waals surface area contributed by atoms with Crippen LogP contribution in [0.4, 0.5) is 0 Å². The van der Waals surface area contributed by atoms with Crippen molar-refractivity contribution in [3.63, 3.8) is 0 Å². The summed E-state index contributed by atoms with van der Waals surface area (Å²) in [5.41, 5.74) is 7.20. The number of aryl methyl sites for hydroxylation is 1. The standard InChI is InChI=1S/C12H15NS/c1-9(13)6-7-10-8-14-12-5-3-2-4-11(10)12/h2-5,8-9H,6-7,13H2,1H3/t9-/m1/s1. The molecule has 2 aromatic rings. The minimum atomic E-state index is 0.300. The van der Waals surface area contributed by atoms with Gasteiger partial charge >= 0.3 is 0 Å². The van der Waals surface area contributed by atoms with Crippen molar-refractivity contribution in [2.45, 2.75) is 25.8 Å². The van der Waals surface area contributed by atoms with E-state index in [9.17, 15) is 0 Å². The molecule has 0 amide bonds. The molecule has 1 aromatic carbocycles.